The minimum atomic E-state index is -1.85. The third-order valence-electron chi connectivity index (χ3n) is 3.62. The van der Waals surface area contributed by atoms with Crippen molar-refractivity contribution in [1.82, 2.24) is 0 Å². The fraction of sp³-hybridized carbons (Fsp3) is 1.00. The Labute approximate surface area is 131 Å². The van der Waals surface area contributed by atoms with Crippen LogP contribution in [0.15, 0.2) is 0 Å². The lowest BCUT2D eigenvalue weighted by Crippen LogP contribution is -2.61. The van der Waals surface area contributed by atoms with Crippen LogP contribution in [-0.2, 0) is 9.47 Å². The second-order valence-corrected chi connectivity index (χ2v) is 5.29. The highest BCUT2D eigenvalue weighted by Gasteiger charge is 2.46. The summed E-state index contributed by atoms with van der Waals surface area (Å²) in [4.78, 5) is 0. The number of rotatable bonds is 8. The summed E-state index contributed by atoms with van der Waals surface area (Å²) in [5.74, 6) is 0. The van der Waals surface area contributed by atoms with Crippen LogP contribution in [0.25, 0.3) is 0 Å². The van der Waals surface area contributed by atoms with E-state index < -0.39 is 74.9 Å². The smallest absolute Gasteiger partial charge is 0.187 e. The van der Waals surface area contributed by atoms with E-state index in [-0.39, 0.29) is 0 Å². The fourth-order valence-corrected chi connectivity index (χ4v) is 2.16. The van der Waals surface area contributed by atoms with Gasteiger partial charge >= 0.3 is 0 Å². The van der Waals surface area contributed by atoms with Crippen molar-refractivity contribution in [2.24, 2.45) is 0 Å². The summed E-state index contributed by atoms with van der Waals surface area (Å²) in [7, 11) is 0. The van der Waals surface area contributed by atoms with E-state index in [0.29, 0.717) is 0 Å². The van der Waals surface area contributed by atoms with Crippen molar-refractivity contribution in [3.05, 3.63) is 0 Å². The molecular weight excluding hydrogens is 320 g/mol. The molecule has 5 unspecified atom stereocenters. The molecule has 0 bridgehead atoms. The number of aliphatic hydroxyl groups is 9. The fourth-order valence-electron chi connectivity index (χ4n) is 2.16. The van der Waals surface area contributed by atoms with Crippen molar-refractivity contribution in [3.8, 4) is 0 Å². The van der Waals surface area contributed by atoms with E-state index in [1.54, 1.807) is 0 Å². The molecule has 11 heteroatoms. The van der Waals surface area contributed by atoms with Crippen LogP contribution >= 0.6 is 0 Å². The Kier molecular flexibility index (Phi) is 8.20. The van der Waals surface area contributed by atoms with Gasteiger partial charge < -0.3 is 55.4 Å². The molecule has 0 aromatic carbocycles. The maximum absolute atomic E-state index is 9.83. The van der Waals surface area contributed by atoms with Crippen LogP contribution in [0.1, 0.15) is 0 Å². The molecule has 0 saturated carbocycles. The molecule has 0 spiro atoms. The monoisotopic (exact) mass is 344 g/mol. The first-order valence-electron chi connectivity index (χ1n) is 7.00. The van der Waals surface area contributed by atoms with Crippen LogP contribution in [0, 0.1) is 0 Å². The summed E-state index contributed by atoms with van der Waals surface area (Å²) in [6, 6.07) is 0. The molecule has 1 aliphatic rings. The molecule has 1 rings (SSSR count). The summed E-state index contributed by atoms with van der Waals surface area (Å²) < 4.78 is 10.1. The quantitative estimate of drug-likeness (QED) is 0.203. The molecule has 0 aromatic rings. The Hall–Kier alpha value is -0.440. The van der Waals surface area contributed by atoms with Crippen LogP contribution in [-0.4, -0.2) is 121 Å². The average Bonchev–Trinajstić information content (AvgIpc) is 2.57. The van der Waals surface area contributed by atoms with Crippen molar-refractivity contribution >= 4 is 0 Å². The predicted octanol–water partition coefficient (Wildman–Crippen LogP) is -5.76. The maximum Gasteiger partial charge on any atom is 0.187 e. The van der Waals surface area contributed by atoms with Crippen LogP contribution in [0.4, 0.5) is 0 Å². The molecule has 1 saturated heterocycles. The normalized spacial score (nSPS) is 37.2. The summed E-state index contributed by atoms with van der Waals surface area (Å²) >= 11 is 0. The van der Waals surface area contributed by atoms with Crippen molar-refractivity contribution < 1.29 is 55.4 Å². The number of hydrogen-bond donors (Lipinski definition) is 9. The van der Waals surface area contributed by atoms with Crippen LogP contribution in [0.2, 0.25) is 0 Å². The second-order valence-electron chi connectivity index (χ2n) is 5.29. The van der Waals surface area contributed by atoms with Gasteiger partial charge in [0, 0.05) is 0 Å². The molecule has 0 aromatic heterocycles. The standard InChI is InChI=1S/C12H24O11/c13-1-4(16)7(18)11(5(17)2-14)23-12-10(21)9(20)8(19)6(3-15)22-12/h4-21H,1-3H2/t4-,5+,6?,7+,8?,9?,10?,11+,12?/m0/s1. The van der Waals surface area contributed by atoms with Crippen molar-refractivity contribution in [2.45, 2.75) is 55.1 Å². The lowest BCUT2D eigenvalue weighted by atomic mass is 9.98. The molecule has 138 valence electrons. The maximum atomic E-state index is 9.83. The molecule has 1 fully saturated rings. The zero-order chi connectivity index (χ0) is 17.7. The molecule has 9 atom stereocenters. The highest BCUT2D eigenvalue weighted by Crippen LogP contribution is 2.24. The van der Waals surface area contributed by atoms with E-state index in [2.05, 4.69) is 0 Å². The van der Waals surface area contributed by atoms with Gasteiger partial charge in [-0.3, -0.25) is 0 Å². The van der Waals surface area contributed by atoms with Gasteiger partial charge in [0.2, 0.25) is 0 Å². The topological polar surface area (TPSA) is 201 Å². The van der Waals surface area contributed by atoms with E-state index in [9.17, 15) is 30.6 Å². The Morgan fingerprint density at radius 1 is 0.826 bits per heavy atom. The number of aliphatic hydroxyl groups excluding tert-OH is 9. The lowest BCUT2D eigenvalue weighted by molar-refractivity contribution is -0.327. The van der Waals surface area contributed by atoms with Crippen LogP contribution < -0.4 is 0 Å². The minimum Gasteiger partial charge on any atom is -0.394 e. The summed E-state index contributed by atoms with van der Waals surface area (Å²) in [5, 5.41) is 84.9. The van der Waals surface area contributed by atoms with Gasteiger partial charge in [-0.1, -0.05) is 0 Å². The van der Waals surface area contributed by atoms with E-state index in [0.717, 1.165) is 0 Å². The molecule has 11 nitrogen and oxygen atoms in total. The Bertz CT molecular complexity index is 341. The van der Waals surface area contributed by atoms with E-state index in [1.165, 1.54) is 0 Å². The molecule has 1 heterocycles. The highest BCUT2D eigenvalue weighted by molar-refractivity contribution is 4.91. The first-order valence-corrected chi connectivity index (χ1v) is 7.00. The van der Waals surface area contributed by atoms with Gasteiger partial charge in [0.05, 0.1) is 19.8 Å². The van der Waals surface area contributed by atoms with E-state index >= 15 is 0 Å². The van der Waals surface area contributed by atoms with Gasteiger partial charge in [-0.25, -0.2) is 0 Å². The van der Waals surface area contributed by atoms with E-state index in [4.69, 9.17) is 24.8 Å². The first kappa shape index (κ1) is 20.6. The summed E-state index contributed by atoms with van der Waals surface area (Å²) in [6.07, 6.45) is -15.1. The van der Waals surface area contributed by atoms with Gasteiger partial charge in [-0.05, 0) is 0 Å². The zero-order valence-corrected chi connectivity index (χ0v) is 12.2. The summed E-state index contributed by atoms with van der Waals surface area (Å²) in [6.45, 7) is -2.45. The average molecular weight is 344 g/mol. The van der Waals surface area contributed by atoms with Crippen molar-refractivity contribution in [3.63, 3.8) is 0 Å². The van der Waals surface area contributed by atoms with Crippen LogP contribution in [0.5, 0.6) is 0 Å². The first-order chi connectivity index (χ1) is 10.8. The predicted molar refractivity (Wildman–Crippen MR) is 70.8 cm³/mol. The van der Waals surface area contributed by atoms with Crippen molar-refractivity contribution in [2.75, 3.05) is 19.8 Å². The second kappa shape index (κ2) is 9.15. The van der Waals surface area contributed by atoms with Crippen molar-refractivity contribution in [1.29, 1.82) is 0 Å². The molecule has 23 heavy (non-hydrogen) atoms. The largest absolute Gasteiger partial charge is 0.394 e. The third-order valence-corrected chi connectivity index (χ3v) is 3.62. The van der Waals surface area contributed by atoms with E-state index in [1.807, 2.05) is 0 Å². The van der Waals surface area contributed by atoms with Gasteiger partial charge in [0.1, 0.15) is 48.8 Å². The molecule has 9 N–H and O–H groups in total. The molecule has 0 radical (unpaired) electrons. The Balaban J connectivity index is 2.89. The van der Waals surface area contributed by atoms with Gasteiger partial charge in [-0.2, -0.15) is 0 Å². The lowest BCUT2D eigenvalue weighted by Gasteiger charge is -2.42. The van der Waals surface area contributed by atoms with Gasteiger partial charge in [0.25, 0.3) is 0 Å². The molecule has 0 amide bonds. The molecular formula is C12H24O11. The summed E-state index contributed by atoms with van der Waals surface area (Å²) in [5.41, 5.74) is 0. The van der Waals surface area contributed by atoms with Gasteiger partial charge in [-0.15, -0.1) is 0 Å². The number of hydrogen-bond acceptors (Lipinski definition) is 11. The molecule has 1 aliphatic heterocycles. The highest BCUT2D eigenvalue weighted by atomic mass is 16.7. The third kappa shape index (κ3) is 4.78. The Morgan fingerprint density at radius 2 is 1.39 bits per heavy atom. The van der Waals surface area contributed by atoms with Crippen LogP contribution in [0.3, 0.4) is 0 Å². The Morgan fingerprint density at radius 3 is 1.87 bits per heavy atom. The van der Waals surface area contributed by atoms with Gasteiger partial charge in [0.15, 0.2) is 6.29 Å². The number of ether oxygens (including phenoxy) is 2. The SMILES string of the molecule is OCC1OC(O[C@@H]([C@H](O)[C@@H](O)CO)[C@H](O)CO)C(O)C(O)C1O. The minimum absolute atomic E-state index is 0.708. The zero-order valence-electron chi connectivity index (χ0n) is 12.2. The molecule has 0 aliphatic carbocycles.